The molecule has 1 amide bonds. The van der Waals surface area contributed by atoms with E-state index in [2.05, 4.69) is 15.4 Å². The predicted octanol–water partition coefficient (Wildman–Crippen LogP) is 3.80. The van der Waals surface area contributed by atoms with Crippen LogP contribution in [0.5, 0.6) is 11.5 Å². The molecule has 146 valence electrons. The minimum atomic E-state index is -0.386. The normalized spacial score (nSPS) is 10.7. The van der Waals surface area contributed by atoms with Gasteiger partial charge in [0.1, 0.15) is 11.4 Å². The van der Waals surface area contributed by atoms with Crippen molar-refractivity contribution >= 4 is 17.2 Å². The number of hydrogen-bond acceptors (Lipinski definition) is 5. The largest absolute Gasteiger partial charge is 0.493 e. The Bertz CT molecular complexity index is 1190. The Kier molecular flexibility index (Phi) is 4.82. The summed E-state index contributed by atoms with van der Waals surface area (Å²) < 4.78 is 25.3. The molecule has 4 aromatic rings. The third-order valence-corrected chi connectivity index (χ3v) is 4.43. The Morgan fingerprint density at radius 3 is 2.52 bits per heavy atom. The lowest BCUT2D eigenvalue weighted by Gasteiger charge is -2.10. The molecule has 0 saturated carbocycles. The number of ether oxygens (including phenoxy) is 2. The number of carbonyl (C=O) groups excluding carboxylic acids is 1. The number of amides is 1. The van der Waals surface area contributed by atoms with Crippen LogP contribution in [-0.4, -0.2) is 34.7 Å². The van der Waals surface area contributed by atoms with Crippen LogP contribution in [0.25, 0.3) is 16.9 Å². The maximum absolute atomic E-state index is 13.1. The molecular formula is C21H17FN4O3. The van der Waals surface area contributed by atoms with Crippen LogP contribution >= 0.6 is 0 Å². The van der Waals surface area contributed by atoms with E-state index in [-0.39, 0.29) is 11.7 Å². The van der Waals surface area contributed by atoms with Gasteiger partial charge in [-0.1, -0.05) is 0 Å². The summed E-state index contributed by atoms with van der Waals surface area (Å²) in [5.41, 5.74) is 2.74. The minimum absolute atomic E-state index is 0.302. The SMILES string of the molecule is COc1ccc(-c2ccnc3c(C(=O)Nc4ccc(F)cc4)cnn23)cc1OC. The zero-order valence-corrected chi connectivity index (χ0v) is 15.7. The molecule has 0 aliphatic heterocycles. The van der Waals surface area contributed by atoms with Crippen LogP contribution in [0.3, 0.4) is 0 Å². The monoisotopic (exact) mass is 392 g/mol. The number of nitrogens with zero attached hydrogens (tertiary/aromatic N) is 3. The smallest absolute Gasteiger partial charge is 0.261 e. The summed E-state index contributed by atoms with van der Waals surface area (Å²) in [5.74, 6) is 0.432. The van der Waals surface area contributed by atoms with Crippen molar-refractivity contribution in [3.63, 3.8) is 0 Å². The van der Waals surface area contributed by atoms with Crippen LogP contribution in [-0.2, 0) is 0 Å². The van der Waals surface area contributed by atoms with E-state index in [0.29, 0.717) is 28.4 Å². The van der Waals surface area contributed by atoms with Gasteiger partial charge in [0.15, 0.2) is 17.1 Å². The first kappa shape index (κ1) is 18.4. The average molecular weight is 392 g/mol. The van der Waals surface area contributed by atoms with E-state index in [1.54, 1.807) is 37.1 Å². The molecule has 0 atom stereocenters. The number of nitrogens with one attached hydrogen (secondary N) is 1. The first-order valence-electron chi connectivity index (χ1n) is 8.73. The summed E-state index contributed by atoms with van der Waals surface area (Å²) >= 11 is 0. The Morgan fingerprint density at radius 2 is 1.79 bits per heavy atom. The summed E-state index contributed by atoms with van der Waals surface area (Å²) in [6, 6.07) is 12.8. The molecule has 2 heterocycles. The van der Waals surface area contributed by atoms with Crippen LogP contribution in [0.4, 0.5) is 10.1 Å². The average Bonchev–Trinajstić information content (AvgIpc) is 3.19. The maximum Gasteiger partial charge on any atom is 0.261 e. The first-order chi connectivity index (χ1) is 14.1. The molecule has 0 unspecified atom stereocenters. The highest BCUT2D eigenvalue weighted by atomic mass is 19.1. The van der Waals surface area contributed by atoms with Gasteiger partial charge in [-0.05, 0) is 48.5 Å². The van der Waals surface area contributed by atoms with E-state index in [1.807, 2.05) is 12.1 Å². The van der Waals surface area contributed by atoms with Crippen LogP contribution in [0.2, 0.25) is 0 Å². The quantitative estimate of drug-likeness (QED) is 0.559. The number of hydrogen-bond donors (Lipinski definition) is 1. The van der Waals surface area contributed by atoms with Crippen molar-refractivity contribution in [2.75, 3.05) is 19.5 Å². The van der Waals surface area contributed by atoms with Crippen LogP contribution in [0.15, 0.2) is 60.9 Å². The molecule has 8 heteroatoms. The zero-order chi connectivity index (χ0) is 20.4. The van der Waals surface area contributed by atoms with Crippen molar-refractivity contribution in [2.24, 2.45) is 0 Å². The fraction of sp³-hybridized carbons (Fsp3) is 0.0952. The molecule has 0 saturated heterocycles. The van der Waals surface area contributed by atoms with Crippen molar-refractivity contribution in [1.29, 1.82) is 0 Å². The van der Waals surface area contributed by atoms with Gasteiger partial charge in [0.2, 0.25) is 0 Å². The van der Waals surface area contributed by atoms with E-state index >= 15 is 0 Å². The molecule has 4 rings (SSSR count). The highest BCUT2D eigenvalue weighted by Gasteiger charge is 2.17. The predicted molar refractivity (Wildman–Crippen MR) is 106 cm³/mol. The minimum Gasteiger partial charge on any atom is -0.493 e. The molecular weight excluding hydrogens is 375 g/mol. The van der Waals surface area contributed by atoms with Crippen molar-refractivity contribution in [3.8, 4) is 22.8 Å². The van der Waals surface area contributed by atoms with E-state index in [4.69, 9.17) is 9.47 Å². The molecule has 2 aromatic carbocycles. The zero-order valence-electron chi connectivity index (χ0n) is 15.7. The van der Waals surface area contributed by atoms with Gasteiger partial charge in [-0.25, -0.2) is 13.9 Å². The number of anilines is 1. The van der Waals surface area contributed by atoms with Crippen LogP contribution in [0.1, 0.15) is 10.4 Å². The molecule has 0 fully saturated rings. The Labute approximate surface area is 165 Å². The lowest BCUT2D eigenvalue weighted by molar-refractivity contribution is 0.102. The topological polar surface area (TPSA) is 77.8 Å². The van der Waals surface area contributed by atoms with Gasteiger partial charge in [-0.3, -0.25) is 4.79 Å². The van der Waals surface area contributed by atoms with Gasteiger partial charge >= 0.3 is 0 Å². The van der Waals surface area contributed by atoms with Gasteiger partial charge < -0.3 is 14.8 Å². The van der Waals surface area contributed by atoms with Gasteiger partial charge in [0, 0.05) is 17.4 Å². The van der Waals surface area contributed by atoms with Crippen LogP contribution in [0, 0.1) is 5.82 Å². The second kappa shape index (κ2) is 7.59. The van der Waals surface area contributed by atoms with Gasteiger partial charge in [0.25, 0.3) is 5.91 Å². The molecule has 0 radical (unpaired) electrons. The molecule has 29 heavy (non-hydrogen) atoms. The summed E-state index contributed by atoms with van der Waals surface area (Å²) in [6.45, 7) is 0. The number of rotatable bonds is 5. The van der Waals surface area contributed by atoms with Gasteiger partial charge in [-0.2, -0.15) is 5.10 Å². The van der Waals surface area contributed by atoms with Gasteiger partial charge in [0.05, 0.1) is 26.1 Å². The maximum atomic E-state index is 13.1. The number of halogens is 1. The van der Waals surface area contributed by atoms with Crippen molar-refractivity contribution in [1.82, 2.24) is 14.6 Å². The highest BCUT2D eigenvalue weighted by molar-refractivity contribution is 6.08. The molecule has 0 bridgehead atoms. The second-order valence-corrected chi connectivity index (χ2v) is 6.15. The third-order valence-electron chi connectivity index (χ3n) is 4.43. The summed E-state index contributed by atoms with van der Waals surface area (Å²) in [4.78, 5) is 17.0. The van der Waals surface area contributed by atoms with Crippen LogP contribution < -0.4 is 14.8 Å². The lowest BCUT2D eigenvalue weighted by atomic mass is 10.1. The molecule has 0 aliphatic rings. The number of methoxy groups -OCH3 is 2. The van der Waals surface area contributed by atoms with Crippen molar-refractivity contribution in [2.45, 2.75) is 0 Å². The lowest BCUT2D eigenvalue weighted by Crippen LogP contribution is -2.12. The number of carbonyl (C=O) groups is 1. The number of aromatic nitrogens is 3. The number of benzene rings is 2. The molecule has 7 nitrogen and oxygen atoms in total. The van der Waals surface area contributed by atoms with E-state index in [0.717, 1.165) is 11.3 Å². The van der Waals surface area contributed by atoms with E-state index in [9.17, 15) is 9.18 Å². The third kappa shape index (κ3) is 3.47. The Morgan fingerprint density at radius 1 is 1.03 bits per heavy atom. The molecule has 0 aliphatic carbocycles. The Hall–Kier alpha value is -3.94. The first-order valence-corrected chi connectivity index (χ1v) is 8.73. The van der Waals surface area contributed by atoms with Gasteiger partial charge in [-0.15, -0.1) is 0 Å². The fourth-order valence-corrected chi connectivity index (χ4v) is 3.00. The number of fused-ring (bicyclic) bond motifs is 1. The molecule has 2 aromatic heterocycles. The standard InChI is InChI=1S/C21H17FN4O3/c1-28-18-8-3-13(11-19(18)29-2)17-9-10-23-20-16(12-24-26(17)20)21(27)25-15-6-4-14(22)5-7-15/h3-12H,1-2H3,(H,25,27). The van der Waals surface area contributed by atoms with Crippen molar-refractivity contribution < 1.29 is 18.7 Å². The molecule has 0 spiro atoms. The van der Waals surface area contributed by atoms with E-state index in [1.165, 1.54) is 30.5 Å². The second-order valence-electron chi connectivity index (χ2n) is 6.15. The van der Waals surface area contributed by atoms with Crippen molar-refractivity contribution in [3.05, 3.63) is 72.3 Å². The fourth-order valence-electron chi connectivity index (χ4n) is 3.00. The summed E-state index contributed by atoms with van der Waals surface area (Å²) in [5, 5.41) is 7.05. The Balaban J connectivity index is 1.71. The highest BCUT2D eigenvalue weighted by Crippen LogP contribution is 2.32. The molecule has 1 N–H and O–H groups in total. The van der Waals surface area contributed by atoms with E-state index < -0.39 is 0 Å². The summed E-state index contributed by atoms with van der Waals surface area (Å²) in [6.07, 6.45) is 3.06. The summed E-state index contributed by atoms with van der Waals surface area (Å²) in [7, 11) is 3.14.